The maximum Gasteiger partial charge on any atom is 0.239 e. The maximum absolute atomic E-state index is 10.9. The van der Waals surface area contributed by atoms with Crippen molar-refractivity contribution in [1.82, 2.24) is 4.98 Å². The zero-order chi connectivity index (χ0) is 15.9. The molecule has 2 rings (SSSR count). The Kier molecular flexibility index (Phi) is 5.47. The molecule has 1 aromatic heterocycles. The monoisotopic (exact) mass is 361 g/mol. The van der Waals surface area contributed by atoms with Crippen LogP contribution in [-0.4, -0.2) is 29.5 Å². The molecule has 1 heterocycles. The van der Waals surface area contributed by atoms with Crippen LogP contribution in [0.2, 0.25) is 0 Å². The summed E-state index contributed by atoms with van der Waals surface area (Å²) in [6.45, 7) is 0.305. The molecule has 0 saturated carbocycles. The average molecular weight is 362 g/mol. The molecule has 0 aliphatic rings. The van der Waals surface area contributed by atoms with E-state index in [9.17, 15) is 4.79 Å². The second-order valence-corrected chi connectivity index (χ2v) is 5.07. The fraction of sp³-hybridized carbons (Fsp3) is 0.133. The first-order valence-electron chi connectivity index (χ1n) is 6.36. The fourth-order valence-electron chi connectivity index (χ4n) is 1.67. The van der Waals surface area contributed by atoms with Crippen LogP contribution in [0, 0.1) is 11.3 Å². The quantitative estimate of drug-likeness (QED) is 0.768. The number of carbonyl (C=O) groups is 1. The summed E-state index contributed by atoms with van der Waals surface area (Å²) < 4.78 is 6.26. The minimum Gasteiger partial charge on any atom is -0.438 e. The number of ether oxygens (including phenoxy) is 1. The van der Waals surface area contributed by atoms with Crippen molar-refractivity contribution in [2.24, 2.45) is 0 Å². The summed E-state index contributed by atoms with van der Waals surface area (Å²) in [7, 11) is 0. The van der Waals surface area contributed by atoms with Gasteiger partial charge in [0.05, 0.1) is 6.61 Å². The number of pyridine rings is 1. The van der Waals surface area contributed by atoms with Gasteiger partial charge in [-0.2, -0.15) is 10.2 Å². The highest BCUT2D eigenvalue weighted by Crippen LogP contribution is 2.27. The van der Waals surface area contributed by atoms with Gasteiger partial charge in [0.15, 0.2) is 6.29 Å². The van der Waals surface area contributed by atoms with E-state index in [0.717, 1.165) is 0 Å². The van der Waals surface area contributed by atoms with Gasteiger partial charge >= 0.3 is 0 Å². The lowest BCUT2D eigenvalue weighted by atomic mass is 10.2. The minimum atomic E-state index is -0.0344. The summed E-state index contributed by atoms with van der Waals surface area (Å²) in [5.41, 5.74) is 0.704. The summed E-state index contributed by atoms with van der Waals surface area (Å²) in [5.74, 6) is 1.01. The number of carbonyl (C=O) groups excluding carboxylic acids is 1. The number of nitriles is 1. The van der Waals surface area contributed by atoms with Gasteiger partial charge in [-0.3, -0.25) is 4.79 Å². The third kappa shape index (κ3) is 3.81. The van der Waals surface area contributed by atoms with Gasteiger partial charge in [-0.25, -0.2) is 0 Å². The molecule has 0 amide bonds. The highest BCUT2D eigenvalue weighted by Gasteiger charge is 2.10. The standard InChI is InChI=1S/C15H12BrN3O3/c16-13-3-2-12(7-11(13)9-21)22-15-10(8-17)1-4-14(19-15)18-5-6-20/h1-4,7,9,20H,5-6H2,(H,18,19). The Labute approximate surface area is 135 Å². The fourth-order valence-corrected chi connectivity index (χ4v) is 2.01. The number of benzene rings is 1. The molecule has 2 N–H and O–H groups in total. The molecule has 0 radical (unpaired) electrons. The summed E-state index contributed by atoms with van der Waals surface area (Å²) in [5, 5.41) is 20.8. The van der Waals surface area contributed by atoms with Crippen LogP contribution >= 0.6 is 15.9 Å². The number of hydrogen-bond donors (Lipinski definition) is 2. The van der Waals surface area contributed by atoms with Gasteiger partial charge in [0.25, 0.3) is 0 Å². The van der Waals surface area contributed by atoms with Crippen molar-refractivity contribution in [2.45, 2.75) is 0 Å². The molecule has 1 aromatic carbocycles. The number of aldehydes is 1. The Bertz CT molecular complexity index is 728. The first-order valence-corrected chi connectivity index (χ1v) is 7.15. The Morgan fingerprint density at radius 3 is 2.91 bits per heavy atom. The van der Waals surface area contributed by atoms with Crippen molar-refractivity contribution in [3.05, 3.63) is 45.9 Å². The molecule has 0 saturated heterocycles. The molecule has 2 aromatic rings. The number of hydrogen-bond acceptors (Lipinski definition) is 6. The Morgan fingerprint density at radius 2 is 2.23 bits per heavy atom. The van der Waals surface area contributed by atoms with Gasteiger partial charge in [0, 0.05) is 16.6 Å². The summed E-state index contributed by atoms with van der Waals surface area (Å²) >= 11 is 3.26. The van der Waals surface area contributed by atoms with Crippen LogP contribution in [0.15, 0.2) is 34.8 Å². The number of aliphatic hydroxyl groups excluding tert-OH is 1. The summed E-state index contributed by atoms with van der Waals surface area (Å²) in [6.07, 6.45) is 0.703. The molecular weight excluding hydrogens is 350 g/mol. The third-order valence-electron chi connectivity index (χ3n) is 2.71. The van der Waals surface area contributed by atoms with Crippen LogP contribution in [0.1, 0.15) is 15.9 Å². The largest absolute Gasteiger partial charge is 0.438 e. The Balaban J connectivity index is 2.31. The van der Waals surface area contributed by atoms with Gasteiger partial charge in [-0.15, -0.1) is 0 Å². The lowest BCUT2D eigenvalue weighted by molar-refractivity contribution is 0.112. The van der Waals surface area contributed by atoms with Gasteiger partial charge in [0.1, 0.15) is 23.2 Å². The van der Waals surface area contributed by atoms with Crippen molar-refractivity contribution >= 4 is 28.0 Å². The van der Waals surface area contributed by atoms with Crippen molar-refractivity contribution in [2.75, 3.05) is 18.5 Å². The van der Waals surface area contributed by atoms with Gasteiger partial charge in [-0.1, -0.05) is 15.9 Å². The second kappa shape index (κ2) is 7.54. The first-order chi connectivity index (χ1) is 10.7. The molecule has 0 bridgehead atoms. The molecular formula is C15H12BrN3O3. The Hall–Kier alpha value is -2.43. The number of aromatic nitrogens is 1. The Morgan fingerprint density at radius 1 is 1.41 bits per heavy atom. The molecule has 0 aliphatic carbocycles. The number of halogens is 1. The van der Waals surface area contributed by atoms with E-state index in [-0.39, 0.29) is 18.1 Å². The third-order valence-corrected chi connectivity index (χ3v) is 3.43. The number of aliphatic hydroxyl groups is 1. The molecule has 0 unspecified atom stereocenters. The first kappa shape index (κ1) is 15.9. The lowest BCUT2D eigenvalue weighted by Gasteiger charge is -2.10. The van der Waals surface area contributed by atoms with Gasteiger partial charge in [-0.05, 0) is 30.3 Å². The molecule has 0 spiro atoms. The molecule has 0 atom stereocenters. The van der Waals surface area contributed by atoms with E-state index in [1.807, 2.05) is 6.07 Å². The highest BCUT2D eigenvalue weighted by atomic mass is 79.9. The molecule has 22 heavy (non-hydrogen) atoms. The number of rotatable bonds is 6. The predicted molar refractivity (Wildman–Crippen MR) is 84.1 cm³/mol. The van der Waals surface area contributed by atoms with E-state index in [4.69, 9.17) is 15.1 Å². The van der Waals surface area contributed by atoms with Gasteiger partial charge in [0.2, 0.25) is 5.88 Å². The smallest absolute Gasteiger partial charge is 0.239 e. The van der Waals surface area contributed by atoms with E-state index in [1.54, 1.807) is 30.3 Å². The molecule has 0 aliphatic heterocycles. The van der Waals surface area contributed by atoms with E-state index >= 15 is 0 Å². The van der Waals surface area contributed by atoms with E-state index < -0.39 is 0 Å². The maximum atomic E-state index is 10.9. The SMILES string of the molecule is N#Cc1ccc(NCCO)nc1Oc1ccc(Br)c(C=O)c1. The topological polar surface area (TPSA) is 95.2 Å². The molecule has 7 heteroatoms. The van der Waals surface area contributed by atoms with Crippen LogP contribution in [0.4, 0.5) is 5.82 Å². The van der Waals surface area contributed by atoms with E-state index in [1.165, 1.54) is 0 Å². The lowest BCUT2D eigenvalue weighted by Crippen LogP contribution is -2.07. The number of nitrogens with zero attached hydrogens (tertiary/aromatic N) is 2. The van der Waals surface area contributed by atoms with Crippen LogP contribution < -0.4 is 10.1 Å². The van der Waals surface area contributed by atoms with Crippen LogP contribution in [0.3, 0.4) is 0 Å². The zero-order valence-electron chi connectivity index (χ0n) is 11.4. The zero-order valence-corrected chi connectivity index (χ0v) is 13.0. The molecule has 0 fully saturated rings. The predicted octanol–water partition coefficient (Wildman–Crippen LogP) is 2.72. The van der Waals surface area contributed by atoms with Crippen LogP contribution in [0.25, 0.3) is 0 Å². The van der Waals surface area contributed by atoms with Crippen molar-refractivity contribution in [3.8, 4) is 17.7 Å². The number of anilines is 1. The normalized spacial score (nSPS) is 9.86. The molecule has 112 valence electrons. The average Bonchev–Trinajstić information content (AvgIpc) is 2.55. The van der Waals surface area contributed by atoms with Crippen molar-refractivity contribution in [1.29, 1.82) is 5.26 Å². The molecule has 6 nitrogen and oxygen atoms in total. The van der Waals surface area contributed by atoms with Crippen molar-refractivity contribution in [3.63, 3.8) is 0 Å². The summed E-state index contributed by atoms with van der Waals surface area (Å²) in [4.78, 5) is 15.1. The highest BCUT2D eigenvalue weighted by molar-refractivity contribution is 9.10. The van der Waals surface area contributed by atoms with Crippen LogP contribution in [0.5, 0.6) is 11.6 Å². The van der Waals surface area contributed by atoms with E-state index in [0.29, 0.717) is 34.4 Å². The minimum absolute atomic E-state index is 0.0344. The summed E-state index contributed by atoms with van der Waals surface area (Å²) in [6, 6.07) is 10.1. The van der Waals surface area contributed by atoms with Gasteiger partial charge < -0.3 is 15.2 Å². The number of nitrogens with one attached hydrogen (secondary N) is 1. The van der Waals surface area contributed by atoms with E-state index in [2.05, 4.69) is 26.2 Å². The second-order valence-electron chi connectivity index (χ2n) is 4.21. The van der Waals surface area contributed by atoms with Crippen LogP contribution in [-0.2, 0) is 0 Å². The van der Waals surface area contributed by atoms with Crippen molar-refractivity contribution < 1.29 is 14.6 Å².